The molecule has 2 aromatic carbocycles. The Bertz CT molecular complexity index is 1020. The number of benzene rings is 2. The van der Waals surface area contributed by atoms with E-state index in [2.05, 4.69) is 0 Å². The molecule has 0 spiro atoms. The monoisotopic (exact) mass is 454 g/mol. The lowest BCUT2D eigenvalue weighted by molar-refractivity contribution is -0.162. The fourth-order valence-corrected chi connectivity index (χ4v) is 5.04. The van der Waals surface area contributed by atoms with Crippen LogP contribution in [-0.4, -0.2) is 46.3 Å². The fourth-order valence-electron chi connectivity index (χ4n) is 4.07. The van der Waals surface area contributed by atoms with Gasteiger partial charge in [0, 0.05) is 23.6 Å². The van der Waals surface area contributed by atoms with Crippen molar-refractivity contribution in [2.45, 2.75) is 32.1 Å². The summed E-state index contributed by atoms with van der Waals surface area (Å²) >= 11 is 1.47. The molecule has 2 heterocycles. The highest BCUT2D eigenvalue weighted by atomic mass is 32.2. The molecular formula is C24H26N2O5S. The van der Waals surface area contributed by atoms with E-state index in [0.717, 1.165) is 10.5 Å². The molecular weight excluding hydrogens is 428 g/mol. The van der Waals surface area contributed by atoms with Crippen LogP contribution in [-0.2, 0) is 20.9 Å². The van der Waals surface area contributed by atoms with Crippen LogP contribution in [0.15, 0.2) is 65.2 Å². The zero-order valence-corrected chi connectivity index (χ0v) is 18.6. The molecule has 1 fully saturated rings. The summed E-state index contributed by atoms with van der Waals surface area (Å²) in [6.45, 7) is 2.12. The number of nitrogens with zero attached hydrogens (tertiary/aromatic N) is 1. The van der Waals surface area contributed by atoms with E-state index in [-0.39, 0.29) is 24.3 Å². The smallest absolute Gasteiger partial charge is 0.356 e. The van der Waals surface area contributed by atoms with Gasteiger partial charge >= 0.3 is 5.97 Å². The van der Waals surface area contributed by atoms with Gasteiger partial charge in [-0.15, -0.1) is 11.8 Å². The number of carbonyl (C=O) groups excluding carboxylic acids is 2. The minimum absolute atomic E-state index is 0.0513. The molecule has 3 atom stereocenters. The van der Waals surface area contributed by atoms with Crippen LogP contribution in [0, 0.1) is 5.92 Å². The Kier molecular flexibility index (Phi) is 6.83. The maximum absolute atomic E-state index is 13.0. The summed E-state index contributed by atoms with van der Waals surface area (Å²) in [7, 11) is 0. The van der Waals surface area contributed by atoms with E-state index in [1.807, 2.05) is 54.6 Å². The first-order chi connectivity index (χ1) is 15.5. The summed E-state index contributed by atoms with van der Waals surface area (Å²) in [4.78, 5) is 27.8. The van der Waals surface area contributed by atoms with Crippen LogP contribution < -0.4 is 10.5 Å². The molecule has 168 valence electrons. The highest BCUT2D eigenvalue weighted by Crippen LogP contribution is 2.47. The van der Waals surface area contributed by atoms with Crippen LogP contribution in [0.5, 0.6) is 11.5 Å². The standard InChI is InChI=1S/C24H26N2O5S/c1-15(27)21-19-13-20(32-11-10-25)22(26(19)23(21)28)24(29)30-14-16-6-5-9-18(12-16)31-17-7-3-2-4-8-17/h2-9,12,15,19,21,27H,10-11,13-14,25H2,1H3/t15-,19-,21-/m1/s1. The predicted octanol–water partition coefficient (Wildman–Crippen LogP) is 3.04. The number of ether oxygens (including phenoxy) is 2. The number of aliphatic hydroxyl groups excluding tert-OH is 1. The lowest BCUT2D eigenvalue weighted by atomic mass is 9.83. The number of fused-ring (bicyclic) bond motifs is 1. The zero-order valence-electron chi connectivity index (χ0n) is 17.8. The average Bonchev–Trinajstić information content (AvgIpc) is 3.10. The number of rotatable bonds is 9. The molecule has 0 aromatic heterocycles. The van der Waals surface area contributed by atoms with Gasteiger partial charge in [-0.25, -0.2) is 4.79 Å². The Morgan fingerprint density at radius 1 is 1.22 bits per heavy atom. The summed E-state index contributed by atoms with van der Waals surface area (Å²) in [5.41, 5.74) is 6.69. The van der Waals surface area contributed by atoms with Crippen molar-refractivity contribution in [1.29, 1.82) is 0 Å². The van der Waals surface area contributed by atoms with E-state index >= 15 is 0 Å². The third kappa shape index (κ3) is 4.53. The number of hydrogen-bond acceptors (Lipinski definition) is 7. The van der Waals surface area contributed by atoms with Crippen LogP contribution in [0.4, 0.5) is 0 Å². The Balaban J connectivity index is 1.44. The molecule has 0 aliphatic carbocycles. The van der Waals surface area contributed by atoms with Crippen LogP contribution in [0.1, 0.15) is 18.9 Å². The Hall–Kier alpha value is -2.81. The van der Waals surface area contributed by atoms with Crippen LogP contribution in [0.25, 0.3) is 0 Å². The Morgan fingerprint density at radius 3 is 2.69 bits per heavy atom. The molecule has 0 saturated carbocycles. The largest absolute Gasteiger partial charge is 0.457 e. The van der Waals surface area contributed by atoms with Crippen molar-refractivity contribution in [3.8, 4) is 11.5 Å². The molecule has 32 heavy (non-hydrogen) atoms. The molecule has 2 aliphatic heterocycles. The Morgan fingerprint density at radius 2 is 1.97 bits per heavy atom. The molecule has 3 N–H and O–H groups in total. The van der Waals surface area contributed by atoms with Gasteiger partial charge in [-0.2, -0.15) is 0 Å². The van der Waals surface area contributed by atoms with Crippen molar-refractivity contribution in [3.05, 3.63) is 70.8 Å². The summed E-state index contributed by atoms with van der Waals surface area (Å²) in [6, 6.07) is 16.5. The lowest BCUT2D eigenvalue weighted by Crippen LogP contribution is -2.61. The number of esters is 1. The number of β-lactam (4-membered cyclic amide) rings is 1. The van der Waals surface area contributed by atoms with Crippen LogP contribution in [0.3, 0.4) is 0 Å². The third-order valence-electron chi connectivity index (χ3n) is 5.52. The second-order valence-corrected chi connectivity index (χ2v) is 8.98. The third-order valence-corrected chi connectivity index (χ3v) is 6.67. The molecule has 2 aliphatic rings. The van der Waals surface area contributed by atoms with Gasteiger partial charge < -0.3 is 25.2 Å². The molecule has 0 bridgehead atoms. The van der Waals surface area contributed by atoms with Gasteiger partial charge in [0.05, 0.1) is 18.1 Å². The van der Waals surface area contributed by atoms with Crippen molar-refractivity contribution < 1.29 is 24.2 Å². The number of aliphatic hydroxyl groups is 1. The molecule has 0 radical (unpaired) electrons. The molecule has 4 rings (SSSR count). The van der Waals surface area contributed by atoms with Gasteiger partial charge in [-0.05, 0) is 36.8 Å². The van der Waals surface area contributed by atoms with Gasteiger partial charge in [0.15, 0.2) is 0 Å². The van der Waals surface area contributed by atoms with Gasteiger partial charge in [-0.1, -0.05) is 30.3 Å². The summed E-state index contributed by atoms with van der Waals surface area (Å²) < 4.78 is 11.4. The number of nitrogens with two attached hydrogens (primary N) is 1. The minimum Gasteiger partial charge on any atom is -0.457 e. The molecule has 2 aromatic rings. The second-order valence-electron chi connectivity index (χ2n) is 7.79. The second kappa shape index (κ2) is 9.77. The molecule has 1 amide bonds. The van der Waals surface area contributed by atoms with E-state index in [0.29, 0.717) is 30.2 Å². The van der Waals surface area contributed by atoms with Gasteiger partial charge in [0.25, 0.3) is 0 Å². The maximum Gasteiger partial charge on any atom is 0.356 e. The summed E-state index contributed by atoms with van der Waals surface area (Å²) in [5, 5.41) is 9.94. The number of amides is 1. The quantitative estimate of drug-likeness (QED) is 0.443. The Labute approximate surface area is 191 Å². The van der Waals surface area contributed by atoms with E-state index in [4.69, 9.17) is 15.2 Å². The van der Waals surface area contributed by atoms with Crippen molar-refractivity contribution >= 4 is 23.6 Å². The molecule has 8 heteroatoms. The minimum atomic E-state index is -0.757. The maximum atomic E-state index is 13.0. The first-order valence-electron chi connectivity index (χ1n) is 10.6. The van der Waals surface area contributed by atoms with Gasteiger partial charge in [0.1, 0.15) is 23.8 Å². The van der Waals surface area contributed by atoms with Gasteiger partial charge in [-0.3, -0.25) is 4.79 Å². The first kappa shape index (κ1) is 22.4. The number of thioether (sulfide) groups is 1. The highest BCUT2D eigenvalue weighted by molar-refractivity contribution is 8.03. The predicted molar refractivity (Wildman–Crippen MR) is 122 cm³/mol. The fraction of sp³-hybridized carbons (Fsp3) is 0.333. The van der Waals surface area contributed by atoms with Crippen molar-refractivity contribution in [3.63, 3.8) is 0 Å². The van der Waals surface area contributed by atoms with Gasteiger partial charge in [0.2, 0.25) is 5.91 Å². The van der Waals surface area contributed by atoms with E-state index in [1.54, 1.807) is 6.92 Å². The van der Waals surface area contributed by atoms with Crippen LogP contribution >= 0.6 is 11.8 Å². The summed E-state index contributed by atoms with van der Waals surface area (Å²) in [5.74, 6) is 0.730. The van der Waals surface area contributed by atoms with Crippen molar-refractivity contribution in [2.24, 2.45) is 11.7 Å². The SMILES string of the molecule is C[C@@H](O)[C@H]1C(=O)N2C(C(=O)OCc3cccc(Oc4ccccc4)c3)=C(SCCN)C[C@H]12. The topological polar surface area (TPSA) is 102 Å². The van der Waals surface area contributed by atoms with Crippen molar-refractivity contribution in [2.75, 3.05) is 12.3 Å². The average molecular weight is 455 g/mol. The molecule has 0 unspecified atom stereocenters. The molecule has 1 saturated heterocycles. The number of hydrogen-bond donors (Lipinski definition) is 2. The van der Waals surface area contributed by atoms with Crippen molar-refractivity contribution in [1.82, 2.24) is 4.90 Å². The normalized spacial score (nSPS) is 20.6. The van der Waals surface area contributed by atoms with Crippen LogP contribution in [0.2, 0.25) is 0 Å². The lowest BCUT2D eigenvalue weighted by Gasteiger charge is -2.44. The van der Waals surface area contributed by atoms with E-state index < -0.39 is 18.0 Å². The van der Waals surface area contributed by atoms with E-state index in [1.165, 1.54) is 16.7 Å². The summed E-state index contributed by atoms with van der Waals surface area (Å²) in [6.07, 6.45) is -0.219. The first-order valence-corrected chi connectivity index (χ1v) is 11.5. The molecule has 7 nitrogen and oxygen atoms in total. The zero-order chi connectivity index (χ0) is 22.7. The number of para-hydroxylation sites is 1. The van der Waals surface area contributed by atoms with E-state index in [9.17, 15) is 14.7 Å². The number of carbonyl (C=O) groups is 2. The highest BCUT2D eigenvalue weighted by Gasteiger charge is 2.56.